The van der Waals surface area contributed by atoms with E-state index in [1.807, 2.05) is 11.7 Å². The van der Waals surface area contributed by atoms with Gasteiger partial charge in [0, 0.05) is 20.1 Å². The maximum absolute atomic E-state index is 5.72. The Morgan fingerprint density at radius 3 is 3.06 bits per heavy atom. The van der Waals surface area contributed by atoms with E-state index in [9.17, 15) is 0 Å². The van der Waals surface area contributed by atoms with Crippen LogP contribution in [-0.2, 0) is 29.5 Å². The number of aromatic nitrogens is 2. The lowest BCUT2D eigenvalue weighted by Gasteiger charge is -2.23. The van der Waals surface area contributed by atoms with Gasteiger partial charge in [0.15, 0.2) is 0 Å². The molecule has 0 radical (unpaired) electrons. The quantitative estimate of drug-likeness (QED) is 0.888. The van der Waals surface area contributed by atoms with Gasteiger partial charge in [0.25, 0.3) is 0 Å². The largest absolute Gasteiger partial charge is 0.373 e. The molecule has 1 unspecified atom stereocenters. The first kappa shape index (κ1) is 14.0. The minimum atomic E-state index is 0.163. The smallest absolute Gasteiger partial charge is 0.0933 e. The number of hydrogen-bond acceptors (Lipinski definition) is 4. The summed E-state index contributed by atoms with van der Waals surface area (Å²) in [6.07, 6.45) is 1.08. The molecule has 1 N–H and O–H groups in total. The van der Waals surface area contributed by atoms with Crippen molar-refractivity contribution < 1.29 is 9.47 Å². The lowest BCUT2D eigenvalue weighted by Crippen LogP contribution is -2.41. The Kier molecular flexibility index (Phi) is 5.17. The van der Waals surface area contributed by atoms with Crippen molar-refractivity contribution in [2.75, 3.05) is 26.3 Å². The molecule has 102 valence electrons. The van der Waals surface area contributed by atoms with Crippen LogP contribution in [0.25, 0.3) is 0 Å². The van der Waals surface area contributed by atoms with E-state index in [4.69, 9.17) is 9.47 Å². The van der Waals surface area contributed by atoms with Crippen LogP contribution in [0.4, 0.5) is 0 Å². The second-order valence-corrected chi connectivity index (χ2v) is 5.19. The number of ether oxygens (including phenoxy) is 2. The van der Waals surface area contributed by atoms with Gasteiger partial charge in [-0.2, -0.15) is 5.10 Å². The van der Waals surface area contributed by atoms with Crippen molar-refractivity contribution in [3.63, 3.8) is 0 Å². The zero-order valence-corrected chi connectivity index (χ0v) is 12.5. The van der Waals surface area contributed by atoms with Crippen molar-refractivity contribution in [1.82, 2.24) is 15.1 Å². The van der Waals surface area contributed by atoms with E-state index in [1.54, 1.807) is 0 Å². The molecule has 1 aliphatic rings. The molecular weight excluding hydrogens is 298 g/mol. The number of nitrogens with one attached hydrogen (secondary N) is 1. The molecule has 18 heavy (non-hydrogen) atoms. The number of hydrogen-bond donors (Lipinski definition) is 1. The first-order chi connectivity index (χ1) is 8.72. The summed E-state index contributed by atoms with van der Waals surface area (Å²) < 4.78 is 14.2. The van der Waals surface area contributed by atoms with Gasteiger partial charge in [0.1, 0.15) is 0 Å². The maximum atomic E-state index is 5.72. The van der Waals surface area contributed by atoms with E-state index >= 15 is 0 Å². The van der Waals surface area contributed by atoms with Gasteiger partial charge in [-0.3, -0.25) is 4.68 Å². The van der Waals surface area contributed by atoms with Crippen molar-refractivity contribution >= 4 is 15.9 Å². The Bertz CT molecular complexity index is 389. The van der Waals surface area contributed by atoms with Crippen molar-refractivity contribution in [2.24, 2.45) is 7.05 Å². The van der Waals surface area contributed by atoms with Gasteiger partial charge in [0.05, 0.1) is 41.8 Å². The minimum absolute atomic E-state index is 0.163. The molecule has 0 amide bonds. The summed E-state index contributed by atoms with van der Waals surface area (Å²) in [5, 5.41) is 7.73. The van der Waals surface area contributed by atoms with Gasteiger partial charge in [0.2, 0.25) is 0 Å². The lowest BCUT2D eigenvalue weighted by atomic mass is 10.3. The van der Waals surface area contributed by atoms with E-state index in [0.29, 0.717) is 13.2 Å². The molecule has 1 aromatic rings. The van der Waals surface area contributed by atoms with Gasteiger partial charge < -0.3 is 14.8 Å². The lowest BCUT2D eigenvalue weighted by molar-refractivity contribution is -0.0368. The molecule has 1 aromatic heterocycles. The van der Waals surface area contributed by atoms with Crippen LogP contribution in [0, 0.1) is 0 Å². The van der Waals surface area contributed by atoms with E-state index in [-0.39, 0.29) is 6.10 Å². The fraction of sp³-hybridized carbons (Fsp3) is 0.750. The molecule has 1 fully saturated rings. The SMILES string of the molecule is CCc1nn(C)c(COCC2CNCCO2)c1Br. The summed E-state index contributed by atoms with van der Waals surface area (Å²) in [7, 11) is 1.95. The normalized spacial score (nSPS) is 20.3. The van der Waals surface area contributed by atoms with Crippen molar-refractivity contribution in [2.45, 2.75) is 26.1 Å². The average molecular weight is 318 g/mol. The molecule has 6 heteroatoms. The summed E-state index contributed by atoms with van der Waals surface area (Å²) >= 11 is 3.58. The molecule has 2 rings (SSSR count). The molecule has 1 aliphatic heterocycles. The van der Waals surface area contributed by atoms with Gasteiger partial charge in [-0.1, -0.05) is 6.92 Å². The fourth-order valence-corrected chi connectivity index (χ4v) is 2.72. The van der Waals surface area contributed by atoms with Crippen LogP contribution in [-0.4, -0.2) is 42.2 Å². The predicted octanol–water partition coefficient (Wildman–Crippen LogP) is 1.25. The monoisotopic (exact) mass is 317 g/mol. The van der Waals surface area contributed by atoms with E-state index in [2.05, 4.69) is 33.3 Å². The minimum Gasteiger partial charge on any atom is -0.373 e. The van der Waals surface area contributed by atoms with Crippen LogP contribution in [0.3, 0.4) is 0 Å². The number of morpholine rings is 1. The molecule has 5 nitrogen and oxygen atoms in total. The Morgan fingerprint density at radius 1 is 1.61 bits per heavy atom. The van der Waals surface area contributed by atoms with Crippen LogP contribution in [0.1, 0.15) is 18.3 Å². The third-order valence-corrected chi connectivity index (χ3v) is 3.97. The summed E-state index contributed by atoms with van der Waals surface area (Å²) in [6.45, 7) is 5.84. The topological polar surface area (TPSA) is 48.3 Å². The molecule has 0 aliphatic carbocycles. The van der Waals surface area contributed by atoms with Crippen LogP contribution < -0.4 is 5.32 Å². The highest BCUT2D eigenvalue weighted by Gasteiger charge is 2.16. The standard InChI is InChI=1S/C12H20BrN3O2/c1-3-10-12(13)11(16(2)15-10)8-17-7-9-6-14-4-5-18-9/h9,14H,3-8H2,1-2H3. The molecule has 0 bridgehead atoms. The Hall–Kier alpha value is -0.430. The molecule has 2 heterocycles. The van der Waals surface area contributed by atoms with Crippen LogP contribution in [0.2, 0.25) is 0 Å². The van der Waals surface area contributed by atoms with E-state index in [1.165, 1.54) is 0 Å². The van der Waals surface area contributed by atoms with Gasteiger partial charge in [-0.25, -0.2) is 0 Å². The number of nitrogens with zero attached hydrogens (tertiary/aromatic N) is 2. The van der Waals surface area contributed by atoms with Crippen LogP contribution >= 0.6 is 15.9 Å². The first-order valence-electron chi connectivity index (χ1n) is 6.32. The fourth-order valence-electron chi connectivity index (χ4n) is 1.99. The van der Waals surface area contributed by atoms with Gasteiger partial charge in [-0.05, 0) is 22.4 Å². The Balaban J connectivity index is 1.84. The predicted molar refractivity (Wildman–Crippen MR) is 72.6 cm³/mol. The molecule has 1 atom stereocenters. The van der Waals surface area contributed by atoms with Crippen LogP contribution in [0.15, 0.2) is 4.47 Å². The summed E-state index contributed by atoms with van der Waals surface area (Å²) in [5.74, 6) is 0. The zero-order chi connectivity index (χ0) is 13.0. The highest BCUT2D eigenvalue weighted by atomic mass is 79.9. The maximum Gasteiger partial charge on any atom is 0.0933 e. The van der Waals surface area contributed by atoms with Gasteiger partial charge in [-0.15, -0.1) is 0 Å². The summed E-state index contributed by atoms with van der Waals surface area (Å²) in [5.41, 5.74) is 2.15. The Morgan fingerprint density at radius 2 is 2.44 bits per heavy atom. The van der Waals surface area contributed by atoms with E-state index < -0.39 is 0 Å². The average Bonchev–Trinajstić information content (AvgIpc) is 2.67. The first-order valence-corrected chi connectivity index (χ1v) is 7.12. The second kappa shape index (κ2) is 6.65. The summed E-state index contributed by atoms with van der Waals surface area (Å²) in [6, 6.07) is 0. The highest BCUT2D eigenvalue weighted by Crippen LogP contribution is 2.22. The molecule has 1 saturated heterocycles. The molecular formula is C12H20BrN3O2. The van der Waals surface area contributed by atoms with E-state index in [0.717, 1.165) is 42.0 Å². The third-order valence-electron chi connectivity index (χ3n) is 3.05. The highest BCUT2D eigenvalue weighted by molar-refractivity contribution is 9.10. The number of rotatable bonds is 5. The van der Waals surface area contributed by atoms with Crippen LogP contribution in [0.5, 0.6) is 0 Å². The molecule has 0 saturated carbocycles. The molecule has 0 spiro atoms. The van der Waals surface area contributed by atoms with Crippen molar-refractivity contribution in [1.29, 1.82) is 0 Å². The number of halogens is 1. The third kappa shape index (κ3) is 3.32. The number of aryl methyl sites for hydroxylation is 2. The summed E-state index contributed by atoms with van der Waals surface area (Å²) in [4.78, 5) is 0. The Labute approximate surface area is 116 Å². The molecule has 0 aromatic carbocycles. The van der Waals surface area contributed by atoms with Gasteiger partial charge >= 0.3 is 0 Å². The van der Waals surface area contributed by atoms with Crippen molar-refractivity contribution in [3.8, 4) is 0 Å². The zero-order valence-electron chi connectivity index (χ0n) is 10.9. The van der Waals surface area contributed by atoms with Crippen molar-refractivity contribution in [3.05, 3.63) is 15.9 Å². The second-order valence-electron chi connectivity index (χ2n) is 4.40.